The number of anilines is 1. The van der Waals surface area contributed by atoms with Crippen molar-refractivity contribution in [2.24, 2.45) is 0 Å². The molecule has 0 spiro atoms. The van der Waals surface area contributed by atoms with E-state index in [9.17, 15) is 18.0 Å². The van der Waals surface area contributed by atoms with Crippen LogP contribution in [0.15, 0.2) is 71.6 Å². The van der Waals surface area contributed by atoms with Crippen LogP contribution in [0.1, 0.15) is 44.2 Å². The van der Waals surface area contributed by atoms with Crippen molar-refractivity contribution in [3.8, 4) is 17.2 Å². The van der Waals surface area contributed by atoms with Gasteiger partial charge in [-0.25, -0.2) is 8.42 Å². The summed E-state index contributed by atoms with van der Waals surface area (Å²) in [6.07, 6.45) is 2.02. The Morgan fingerprint density at radius 1 is 0.886 bits per heavy atom. The average Bonchev–Trinajstić information content (AvgIpc) is 3.03. The zero-order valence-corrected chi connectivity index (χ0v) is 27.1. The topological polar surface area (TPSA) is 114 Å². The Morgan fingerprint density at radius 2 is 1.57 bits per heavy atom. The van der Waals surface area contributed by atoms with Crippen molar-refractivity contribution in [1.82, 2.24) is 10.2 Å². The fourth-order valence-electron chi connectivity index (χ4n) is 4.74. The first-order chi connectivity index (χ1) is 21.1. The summed E-state index contributed by atoms with van der Waals surface area (Å²) >= 11 is 0. The highest BCUT2D eigenvalue weighted by atomic mass is 32.2. The van der Waals surface area contributed by atoms with Crippen molar-refractivity contribution >= 4 is 27.5 Å². The van der Waals surface area contributed by atoms with Crippen molar-refractivity contribution < 1.29 is 32.2 Å². The van der Waals surface area contributed by atoms with Crippen molar-refractivity contribution in [2.75, 3.05) is 38.7 Å². The van der Waals surface area contributed by atoms with E-state index in [1.165, 1.54) is 37.3 Å². The predicted octanol–water partition coefficient (Wildman–Crippen LogP) is 4.94. The lowest BCUT2D eigenvalue weighted by Crippen LogP contribution is -2.52. The molecule has 0 aliphatic heterocycles. The second kappa shape index (κ2) is 16.0. The Morgan fingerprint density at radius 3 is 2.18 bits per heavy atom. The number of benzene rings is 3. The van der Waals surface area contributed by atoms with Crippen LogP contribution < -0.4 is 23.8 Å². The van der Waals surface area contributed by atoms with Crippen molar-refractivity contribution in [1.29, 1.82) is 0 Å². The lowest BCUT2D eigenvalue weighted by molar-refractivity contribution is -0.140. The molecule has 1 unspecified atom stereocenters. The van der Waals surface area contributed by atoms with Crippen LogP contribution >= 0.6 is 0 Å². The number of rotatable bonds is 16. The van der Waals surface area contributed by atoms with Gasteiger partial charge in [0.15, 0.2) is 0 Å². The quantitative estimate of drug-likeness (QED) is 0.224. The van der Waals surface area contributed by atoms with E-state index in [1.807, 2.05) is 26.8 Å². The maximum Gasteiger partial charge on any atom is 0.264 e. The van der Waals surface area contributed by atoms with Crippen molar-refractivity contribution in [3.05, 3.63) is 77.9 Å². The van der Waals surface area contributed by atoms with E-state index in [4.69, 9.17) is 14.2 Å². The largest absolute Gasteiger partial charge is 0.497 e. The number of nitrogens with one attached hydrogen (secondary N) is 1. The molecule has 1 atom stereocenters. The molecule has 0 aromatic heterocycles. The summed E-state index contributed by atoms with van der Waals surface area (Å²) in [5.74, 6) is 0.348. The molecule has 10 nitrogen and oxygen atoms in total. The Kier molecular flexibility index (Phi) is 12.5. The Balaban J connectivity index is 2.13. The normalized spacial score (nSPS) is 11.8. The summed E-state index contributed by atoms with van der Waals surface area (Å²) in [6, 6.07) is 17.5. The third-order valence-corrected chi connectivity index (χ3v) is 9.02. The summed E-state index contributed by atoms with van der Waals surface area (Å²) in [5.41, 5.74) is 1.74. The molecule has 3 rings (SSSR count). The molecule has 11 heteroatoms. The second-order valence-electron chi connectivity index (χ2n) is 10.3. The summed E-state index contributed by atoms with van der Waals surface area (Å²) in [6.45, 7) is 5.64. The zero-order chi connectivity index (χ0) is 32.3. The fourth-order valence-corrected chi connectivity index (χ4v) is 6.15. The number of unbranched alkanes of at least 4 members (excludes halogenated alkanes) is 1. The molecular formula is C33H43N3O7S. The Bertz CT molecular complexity index is 1510. The maximum atomic E-state index is 14.3. The van der Waals surface area contributed by atoms with Crippen LogP contribution in [0.25, 0.3) is 0 Å². The molecule has 0 aliphatic carbocycles. The molecular weight excluding hydrogens is 582 g/mol. The third kappa shape index (κ3) is 8.43. The number of aryl methyl sites for hydroxylation is 1. The van der Waals surface area contributed by atoms with E-state index in [0.29, 0.717) is 24.5 Å². The van der Waals surface area contributed by atoms with E-state index < -0.39 is 28.5 Å². The van der Waals surface area contributed by atoms with E-state index >= 15 is 0 Å². The number of amides is 2. The molecule has 3 aromatic carbocycles. The van der Waals surface area contributed by atoms with Gasteiger partial charge >= 0.3 is 0 Å². The van der Waals surface area contributed by atoms with Gasteiger partial charge in [-0.1, -0.05) is 50.1 Å². The maximum absolute atomic E-state index is 14.3. The summed E-state index contributed by atoms with van der Waals surface area (Å²) in [7, 11) is 0.158. The minimum atomic E-state index is -4.28. The number of ether oxygens (including phenoxy) is 3. The zero-order valence-electron chi connectivity index (χ0n) is 26.3. The van der Waals surface area contributed by atoms with Crippen molar-refractivity contribution in [3.63, 3.8) is 0 Å². The highest BCUT2D eigenvalue weighted by Crippen LogP contribution is 2.36. The van der Waals surface area contributed by atoms with Gasteiger partial charge < -0.3 is 24.4 Å². The Labute approximate surface area is 261 Å². The highest BCUT2D eigenvalue weighted by molar-refractivity contribution is 7.92. The van der Waals surface area contributed by atoms with Crippen LogP contribution in [0.5, 0.6) is 17.2 Å². The van der Waals surface area contributed by atoms with E-state index in [2.05, 4.69) is 5.32 Å². The van der Waals surface area contributed by atoms with Crippen LogP contribution in [0.3, 0.4) is 0 Å². The minimum Gasteiger partial charge on any atom is -0.497 e. The average molecular weight is 626 g/mol. The lowest BCUT2D eigenvalue weighted by atomic mass is 10.1. The molecule has 0 radical (unpaired) electrons. The van der Waals surface area contributed by atoms with Gasteiger partial charge in [0.1, 0.15) is 29.8 Å². The number of carbonyl (C=O) groups is 2. The highest BCUT2D eigenvalue weighted by Gasteiger charge is 2.35. The molecule has 0 bridgehead atoms. The van der Waals surface area contributed by atoms with Gasteiger partial charge in [-0.2, -0.15) is 0 Å². The van der Waals surface area contributed by atoms with Crippen LogP contribution in [0, 0.1) is 6.92 Å². The van der Waals surface area contributed by atoms with Crippen LogP contribution in [0.4, 0.5) is 5.69 Å². The number of hydrogen-bond acceptors (Lipinski definition) is 7. The van der Waals surface area contributed by atoms with Gasteiger partial charge in [-0.15, -0.1) is 0 Å². The molecule has 0 saturated carbocycles. The number of sulfonamides is 1. The molecule has 2 amide bonds. The van der Waals surface area contributed by atoms with E-state index in [0.717, 1.165) is 28.3 Å². The van der Waals surface area contributed by atoms with Gasteiger partial charge in [0.05, 0.1) is 31.9 Å². The van der Waals surface area contributed by atoms with Gasteiger partial charge in [0, 0.05) is 19.2 Å². The molecule has 3 aromatic rings. The molecule has 1 N–H and O–H groups in total. The second-order valence-corrected chi connectivity index (χ2v) is 12.2. The SMILES string of the molecule is CCCCNC(=O)C(CC)N(Cc1cccc(OC)c1)C(=O)CN(c1cc(OC)ccc1OC)S(=O)(=O)c1ccc(C)cc1. The molecule has 44 heavy (non-hydrogen) atoms. The fraction of sp³-hybridized carbons (Fsp3) is 0.394. The smallest absolute Gasteiger partial charge is 0.264 e. The minimum absolute atomic E-state index is 0.00414. The van der Waals surface area contributed by atoms with E-state index in [1.54, 1.807) is 49.6 Å². The van der Waals surface area contributed by atoms with Crippen LogP contribution in [-0.2, 0) is 26.2 Å². The van der Waals surface area contributed by atoms with Crippen LogP contribution in [0.2, 0.25) is 0 Å². The molecule has 238 valence electrons. The first-order valence-electron chi connectivity index (χ1n) is 14.6. The third-order valence-electron chi connectivity index (χ3n) is 7.25. The first kappa shape index (κ1) is 34.2. The monoisotopic (exact) mass is 625 g/mol. The molecule has 0 saturated heterocycles. The predicted molar refractivity (Wildman–Crippen MR) is 171 cm³/mol. The van der Waals surface area contributed by atoms with Gasteiger partial charge in [0.2, 0.25) is 11.8 Å². The summed E-state index contributed by atoms with van der Waals surface area (Å²) < 4.78 is 45.8. The number of carbonyl (C=O) groups excluding carboxylic acids is 2. The Hall–Kier alpha value is -4.25. The standard InChI is InChI=1S/C33H43N3O7S/c1-7-9-19-34-33(38)29(8-2)35(22-25-11-10-12-26(20-25)41-4)32(37)23-36(30-21-27(42-5)15-18-31(30)43-6)44(39,40)28-16-13-24(3)14-17-28/h10-18,20-21,29H,7-9,19,22-23H2,1-6H3,(H,34,38). The lowest BCUT2D eigenvalue weighted by Gasteiger charge is -2.33. The first-order valence-corrected chi connectivity index (χ1v) is 16.0. The van der Waals surface area contributed by atoms with E-state index in [-0.39, 0.29) is 28.8 Å². The van der Waals surface area contributed by atoms with Crippen molar-refractivity contribution in [2.45, 2.75) is 57.5 Å². The van der Waals surface area contributed by atoms with Gasteiger partial charge in [0.25, 0.3) is 10.0 Å². The number of methoxy groups -OCH3 is 3. The summed E-state index contributed by atoms with van der Waals surface area (Å²) in [4.78, 5) is 29.2. The van der Waals surface area contributed by atoms with Crippen LogP contribution in [-0.4, -0.2) is 65.6 Å². The summed E-state index contributed by atoms with van der Waals surface area (Å²) in [5, 5.41) is 2.93. The van der Waals surface area contributed by atoms with Gasteiger partial charge in [-0.05, 0) is 61.7 Å². The molecule has 0 heterocycles. The number of hydrogen-bond donors (Lipinski definition) is 1. The molecule has 0 fully saturated rings. The van der Waals surface area contributed by atoms with Gasteiger partial charge in [-0.3, -0.25) is 13.9 Å². The molecule has 0 aliphatic rings. The number of nitrogens with zero attached hydrogens (tertiary/aromatic N) is 2.